The summed E-state index contributed by atoms with van der Waals surface area (Å²) in [6.45, 7) is 6.93. The van der Waals surface area contributed by atoms with Crippen molar-refractivity contribution in [2.24, 2.45) is 11.8 Å². The molecule has 1 aliphatic heterocycles. The number of fused-ring (bicyclic) bond motifs is 1. The number of furan rings is 1. The van der Waals surface area contributed by atoms with Gasteiger partial charge in [0.1, 0.15) is 5.58 Å². The van der Waals surface area contributed by atoms with Crippen LogP contribution in [0, 0.1) is 18.8 Å². The third-order valence-electron chi connectivity index (χ3n) is 5.67. The van der Waals surface area contributed by atoms with Gasteiger partial charge in [-0.05, 0) is 61.6 Å². The van der Waals surface area contributed by atoms with Crippen LogP contribution in [0.4, 0.5) is 5.69 Å². The van der Waals surface area contributed by atoms with Crippen molar-refractivity contribution in [1.29, 1.82) is 0 Å². The van der Waals surface area contributed by atoms with E-state index in [0.717, 1.165) is 6.42 Å². The molecule has 1 aromatic heterocycles. The minimum atomic E-state index is -3.62. The molecule has 1 fully saturated rings. The molecule has 1 saturated heterocycles. The molecule has 31 heavy (non-hydrogen) atoms. The van der Waals surface area contributed by atoms with Gasteiger partial charge in [-0.25, -0.2) is 8.42 Å². The first-order valence-corrected chi connectivity index (χ1v) is 12.1. The van der Waals surface area contributed by atoms with Gasteiger partial charge in [0, 0.05) is 34.7 Å². The molecule has 1 aliphatic rings. The zero-order chi connectivity index (χ0) is 22.3. The lowest BCUT2D eigenvalue weighted by molar-refractivity contribution is 0.0998. The van der Waals surface area contributed by atoms with Crippen molar-refractivity contribution >= 4 is 44.2 Å². The Morgan fingerprint density at radius 2 is 1.84 bits per heavy atom. The number of carbonyl (C=O) groups excluding carboxylic acids is 1. The number of benzene rings is 2. The summed E-state index contributed by atoms with van der Waals surface area (Å²) in [7, 11) is -3.62. The molecule has 0 bridgehead atoms. The van der Waals surface area contributed by atoms with Crippen LogP contribution < -0.4 is 5.32 Å². The lowest BCUT2D eigenvalue weighted by atomic mass is 9.94. The Bertz CT molecular complexity index is 1240. The molecule has 164 valence electrons. The maximum Gasteiger partial charge on any atom is 0.291 e. The summed E-state index contributed by atoms with van der Waals surface area (Å²) in [5.74, 6) is 0.364. The van der Waals surface area contributed by atoms with Crippen molar-refractivity contribution in [3.63, 3.8) is 0 Å². The summed E-state index contributed by atoms with van der Waals surface area (Å²) >= 11 is 5.98. The number of anilines is 1. The number of sulfonamides is 1. The molecule has 8 heteroatoms. The molecule has 1 N–H and O–H groups in total. The maximum atomic E-state index is 13.3. The lowest BCUT2D eigenvalue weighted by Crippen LogP contribution is -2.42. The Morgan fingerprint density at radius 1 is 1.13 bits per heavy atom. The molecule has 4 rings (SSSR count). The molecule has 0 radical (unpaired) electrons. The van der Waals surface area contributed by atoms with Crippen LogP contribution in [-0.4, -0.2) is 31.7 Å². The van der Waals surface area contributed by atoms with Gasteiger partial charge < -0.3 is 9.73 Å². The third-order valence-corrected chi connectivity index (χ3v) is 7.73. The number of nitrogens with one attached hydrogen (secondary N) is 1. The van der Waals surface area contributed by atoms with Gasteiger partial charge in [0.2, 0.25) is 10.0 Å². The van der Waals surface area contributed by atoms with E-state index in [1.54, 1.807) is 53.7 Å². The topological polar surface area (TPSA) is 79.6 Å². The molecule has 2 heterocycles. The molecule has 0 unspecified atom stereocenters. The molecule has 6 nitrogen and oxygen atoms in total. The second-order valence-electron chi connectivity index (χ2n) is 8.45. The summed E-state index contributed by atoms with van der Waals surface area (Å²) < 4.78 is 33.8. The Morgan fingerprint density at radius 3 is 2.52 bits per heavy atom. The highest BCUT2D eigenvalue weighted by Gasteiger charge is 2.32. The number of carbonyl (C=O) groups is 1. The Kier molecular flexibility index (Phi) is 5.85. The fraction of sp³-hybridized carbons (Fsp3) is 0.348. The van der Waals surface area contributed by atoms with Crippen LogP contribution in [0.2, 0.25) is 5.02 Å². The quantitative estimate of drug-likeness (QED) is 0.571. The first-order valence-electron chi connectivity index (χ1n) is 10.3. The van der Waals surface area contributed by atoms with Gasteiger partial charge >= 0.3 is 0 Å². The highest BCUT2D eigenvalue weighted by molar-refractivity contribution is 7.89. The van der Waals surface area contributed by atoms with Gasteiger partial charge in [0.25, 0.3) is 5.91 Å². The Balaban J connectivity index is 1.65. The normalized spacial score (nSPS) is 20.1. The fourth-order valence-electron chi connectivity index (χ4n) is 4.28. The van der Waals surface area contributed by atoms with Gasteiger partial charge in [-0.3, -0.25) is 4.79 Å². The fourth-order valence-corrected chi connectivity index (χ4v) is 6.18. The largest absolute Gasteiger partial charge is 0.451 e. The minimum absolute atomic E-state index is 0.143. The van der Waals surface area contributed by atoms with Crippen LogP contribution in [0.15, 0.2) is 51.8 Å². The van der Waals surface area contributed by atoms with E-state index in [4.69, 9.17) is 16.0 Å². The molecule has 2 atom stereocenters. The van der Waals surface area contributed by atoms with Crippen molar-refractivity contribution in [1.82, 2.24) is 4.31 Å². The summed E-state index contributed by atoms with van der Waals surface area (Å²) in [6.07, 6.45) is 1.02. The van der Waals surface area contributed by atoms with Crippen LogP contribution in [-0.2, 0) is 10.0 Å². The van der Waals surface area contributed by atoms with Crippen molar-refractivity contribution in [3.05, 3.63) is 58.8 Å². The molecule has 0 spiro atoms. The van der Waals surface area contributed by atoms with Gasteiger partial charge in [-0.15, -0.1) is 0 Å². The van der Waals surface area contributed by atoms with E-state index < -0.39 is 15.9 Å². The van der Waals surface area contributed by atoms with Crippen LogP contribution in [0.5, 0.6) is 0 Å². The van der Waals surface area contributed by atoms with Crippen molar-refractivity contribution in [2.45, 2.75) is 32.1 Å². The van der Waals surface area contributed by atoms with Crippen molar-refractivity contribution < 1.29 is 17.6 Å². The van der Waals surface area contributed by atoms with E-state index in [0.29, 0.717) is 52.2 Å². The number of aryl methyl sites for hydroxylation is 1. The van der Waals surface area contributed by atoms with E-state index in [2.05, 4.69) is 19.2 Å². The minimum Gasteiger partial charge on any atom is -0.451 e. The van der Waals surface area contributed by atoms with E-state index in [9.17, 15) is 13.2 Å². The number of halogens is 1. The predicted octanol–water partition coefficient (Wildman–Crippen LogP) is 5.31. The standard InChI is InChI=1S/C23H25ClN2O4S/c1-14-9-15(2)13-26(12-14)31(28,29)19-7-8-21-20(11-19)16(3)22(30-21)23(27)25-18-6-4-5-17(24)10-18/h4-8,10-11,14-15H,9,12-13H2,1-3H3,(H,25,27)/t14-,15-/m0/s1. The van der Waals surface area contributed by atoms with Gasteiger partial charge in [-0.2, -0.15) is 4.31 Å². The van der Waals surface area contributed by atoms with E-state index >= 15 is 0 Å². The first kappa shape index (κ1) is 21.9. The van der Waals surface area contributed by atoms with Crippen LogP contribution in [0.3, 0.4) is 0 Å². The molecule has 0 aliphatic carbocycles. The van der Waals surface area contributed by atoms with Gasteiger partial charge in [0.15, 0.2) is 5.76 Å². The SMILES string of the molecule is Cc1c(C(=O)Nc2cccc(Cl)c2)oc2ccc(S(=O)(=O)N3C[C@@H](C)C[C@H](C)C3)cc12. The number of amides is 1. The second-order valence-corrected chi connectivity index (χ2v) is 10.8. The molecule has 2 aromatic carbocycles. The zero-order valence-corrected chi connectivity index (χ0v) is 19.3. The van der Waals surface area contributed by atoms with Crippen LogP contribution in [0.1, 0.15) is 36.4 Å². The number of hydrogen-bond donors (Lipinski definition) is 1. The summed E-state index contributed by atoms with van der Waals surface area (Å²) in [4.78, 5) is 13.0. The van der Waals surface area contributed by atoms with Gasteiger partial charge in [0.05, 0.1) is 4.90 Å². The highest BCUT2D eigenvalue weighted by Crippen LogP contribution is 2.31. The average Bonchev–Trinajstić information content (AvgIpc) is 3.03. The van der Waals surface area contributed by atoms with Crippen molar-refractivity contribution in [2.75, 3.05) is 18.4 Å². The third kappa shape index (κ3) is 4.35. The lowest BCUT2D eigenvalue weighted by Gasteiger charge is -2.34. The molecular weight excluding hydrogens is 436 g/mol. The highest BCUT2D eigenvalue weighted by atomic mass is 35.5. The summed E-state index contributed by atoms with van der Waals surface area (Å²) in [5.41, 5.74) is 1.61. The number of hydrogen-bond acceptors (Lipinski definition) is 4. The molecule has 3 aromatic rings. The van der Waals surface area contributed by atoms with Gasteiger partial charge in [-0.1, -0.05) is 31.5 Å². The molecule has 1 amide bonds. The number of piperidine rings is 1. The smallest absolute Gasteiger partial charge is 0.291 e. The maximum absolute atomic E-state index is 13.3. The monoisotopic (exact) mass is 460 g/mol. The van der Waals surface area contributed by atoms with Crippen LogP contribution in [0.25, 0.3) is 11.0 Å². The second kappa shape index (κ2) is 8.30. The van der Waals surface area contributed by atoms with Crippen LogP contribution >= 0.6 is 11.6 Å². The Labute approximate surface area is 187 Å². The average molecular weight is 461 g/mol. The molecule has 0 saturated carbocycles. The van der Waals surface area contributed by atoms with Crippen molar-refractivity contribution in [3.8, 4) is 0 Å². The Hall–Kier alpha value is -2.35. The zero-order valence-electron chi connectivity index (χ0n) is 17.7. The number of rotatable bonds is 4. The summed E-state index contributed by atoms with van der Waals surface area (Å²) in [6, 6.07) is 11.6. The number of nitrogens with zero attached hydrogens (tertiary/aromatic N) is 1. The van der Waals surface area contributed by atoms with E-state index in [1.807, 2.05) is 0 Å². The predicted molar refractivity (Wildman–Crippen MR) is 122 cm³/mol. The first-order chi connectivity index (χ1) is 14.6. The summed E-state index contributed by atoms with van der Waals surface area (Å²) in [5, 5.41) is 3.88. The molecular formula is C23H25ClN2O4S. The van der Waals surface area contributed by atoms with E-state index in [1.165, 1.54) is 0 Å². The van der Waals surface area contributed by atoms with E-state index in [-0.39, 0.29) is 10.7 Å².